The number of carboxylic acids is 1. The summed E-state index contributed by atoms with van der Waals surface area (Å²) in [6.07, 6.45) is 2.75. The molecule has 1 aromatic heterocycles. The van der Waals surface area contributed by atoms with Crippen LogP contribution in [0.25, 0.3) is 0 Å². The fourth-order valence-corrected chi connectivity index (χ4v) is 0.484. The van der Waals surface area contributed by atoms with E-state index in [1.807, 2.05) is 0 Å². The third-order valence-electron chi connectivity index (χ3n) is 0.897. The number of hydrogen-bond acceptors (Lipinski definition) is 3. The smallest absolute Gasteiger partial charge is 0.545 e. The first kappa shape index (κ1) is 10.7. The average molecular weight is 255 g/mol. The molecule has 0 radical (unpaired) electrons. The largest absolute Gasteiger partial charge is 1.00 e. The summed E-state index contributed by atoms with van der Waals surface area (Å²) in [6.45, 7) is 0. The molecule has 0 saturated carbocycles. The first-order valence-corrected chi connectivity index (χ1v) is 2.42. The Balaban J connectivity index is 0.000000810. The van der Waals surface area contributed by atoms with E-state index in [1.54, 1.807) is 6.07 Å². The number of nitrogens with zero attached hydrogens (tertiary/aromatic N) is 1. The third kappa shape index (κ3) is 3.18. The summed E-state index contributed by atoms with van der Waals surface area (Å²) in [5, 5.41) is 10.0. The number of hydrogen-bond donors (Lipinski definition) is 0. The molecule has 0 atom stereocenters. The molecule has 0 unspecified atom stereocenters. The van der Waals surface area contributed by atoms with Crippen molar-refractivity contribution in [2.45, 2.75) is 0 Å². The summed E-state index contributed by atoms with van der Waals surface area (Å²) in [5.74, 6) is -1.19. The van der Waals surface area contributed by atoms with Gasteiger partial charge < -0.3 is 9.90 Å². The van der Waals surface area contributed by atoms with Crippen molar-refractivity contribution >= 4 is 5.97 Å². The molecule has 0 bridgehead atoms. The quantitative estimate of drug-likeness (QED) is 0.522. The molecule has 1 rings (SSSR count). The Bertz CT molecular complexity index is 212. The molecule has 0 aromatic carbocycles. The number of aromatic nitrogens is 1. The molecule has 0 saturated heterocycles. The Kier molecular flexibility index (Phi) is 5.70. The normalized spacial score (nSPS) is 8.00. The van der Waals surface area contributed by atoms with Gasteiger partial charge in [-0.1, -0.05) is 6.07 Å². The minimum Gasteiger partial charge on any atom is -0.545 e. The van der Waals surface area contributed by atoms with Gasteiger partial charge in [0.25, 0.3) is 0 Å². The zero-order chi connectivity index (χ0) is 6.69. The number of pyridine rings is 1. The van der Waals surface area contributed by atoms with Crippen LogP contribution in [0, 0.1) is 0 Å². The number of aromatic carboxylic acids is 1. The van der Waals surface area contributed by atoms with E-state index in [0.29, 0.717) is 0 Å². The predicted molar refractivity (Wildman–Crippen MR) is 28.6 cm³/mol. The predicted octanol–water partition coefficient (Wildman–Crippen LogP) is -3.55. The third-order valence-corrected chi connectivity index (χ3v) is 0.897. The summed E-state index contributed by atoms with van der Waals surface area (Å²) in [5.41, 5.74) is 0.109. The molecule has 1 aromatic rings. The van der Waals surface area contributed by atoms with Crippen molar-refractivity contribution < 1.29 is 78.8 Å². The first-order valence-electron chi connectivity index (χ1n) is 2.42. The zero-order valence-corrected chi connectivity index (χ0v) is 11.9. The molecule has 0 N–H and O–H groups in total. The Morgan fingerprint density at radius 2 is 2.30 bits per heavy atom. The van der Waals surface area contributed by atoms with Crippen LogP contribution in [0.1, 0.15) is 10.4 Å². The molecule has 46 valence electrons. The van der Waals surface area contributed by atoms with E-state index < -0.39 is 5.97 Å². The fraction of sp³-hybridized carbons (Fsp3) is 0. The Hall–Kier alpha value is 0.672. The summed E-state index contributed by atoms with van der Waals surface area (Å²) in [4.78, 5) is 13.6. The summed E-state index contributed by atoms with van der Waals surface area (Å²) in [6, 6.07) is 2.98. The second kappa shape index (κ2) is 5.34. The van der Waals surface area contributed by atoms with E-state index in [4.69, 9.17) is 0 Å². The Labute approximate surface area is 117 Å². The van der Waals surface area contributed by atoms with E-state index in [0.717, 1.165) is 0 Å². The maximum Gasteiger partial charge on any atom is 1.00 e. The summed E-state index contributed by atoms with van der Waals surface area (Å²) in [7, 11) is 0. The molecule has 0 aliphatic heterocycles. The van der Waals surface area contributed by atoms with Gasteiger partial charge in [-0.05, 0) is 6.07 Å². The topological polar surface area (TPSA) is 53.0 Å². The van der Waals surface area contributed by atoms with Crippen LogP contribution in [0.5, 0.6) is 0 Å². The second-order valence-electron chi connectivity index (χ2n) is 1.53. The van der Waals surface area contributed by atoms with Crippen LogP contribution in [0.2, 0.25) is 0 Å². The summed E-state index contributed by atoms with van der Waals surface area (Å²) >= 11 is 0. The van der Waals surface area contributed by atoms with Gasteiger partial charge >= 0.3 is 68.9 Å². The van der Waals surface area contributed by atoms with Gasteiger partial charge in [0.1, 0.15) is 0 Å². The van der Waals surface area contributed by atoms with Crippen molar-refractivity contribution in [1.82, 2.24) is 4.98 Å². The van der Waals surface area contributed by atoms with Crippen LogP contribution in [-0.4, -0.2) is 11.0 Å². The fourth-order valence-electron chi connectivity index (χ4n) is 0.484. The number of carbonyl (C=O) groups excluding carboxylic acids is 1. The maximum absolute atomic E-state index is 10.0. The van der Waals surface area contributed by atoms with E-state index in [9.17, 15) is 9.90 Å². The van der Waals surface area contributed by atoms with Crippen molar-refractivity contribution in [2.24, 2.45) is 0 Å². The van der Waals surface area contributed by atoms with Crippen molar-refractivity contribution in [3.05, 3.63) is 30.1 Å². The van der Waals surface area contributed by atoms with E-state index in [2.05, 4.69) is 4.98 Å². The van der Waals surface area contributed by atoms with Gasteiger partial charge in [-0.25, -0.2) is 0 Å². The van der Waals surface area contributed by atoms with Gasteiger partial charge in [-0.15, -0.1) is 0 Å². The number of carboxylic acid groups (broad SMARTS) is 1. The maximum atomic E-state index is 10.0. The molecule has 3 nitrogen and oxygen atoms in total. The van der Waals surface area contributed by atoms with Crippen LogP contribution in [-0.2, 0) is 0 Å². The molecular weight excluding hydrogens is 251 g/mol. The van der Waals surface area contributed by atoms with Crippen LogP contribution in [0.4, 0.5) is 0 Å². The molecular formula is C6H4CsNO2. The Morgan fingerprint density at radius 1 is 1.60 bits per heavy atom. The van der Waals surface area contributed by atoms with Crippen LogP contribution in [0.3, 0.4) is 0 Å². The standard InChI is InChI=1S/C6H5NO2.Cs/c8-6(9)5-2-1-3-7-4-5;/h1-4H,(H,8,9);/q;+1/p-1. The molecule has 0 fully saturated rings. The molecule has 10 heavy (non-hydrogen) atoms. The van der Waals surface area contributed by atoms with Crippen molar-refractivity contribution in [3.8, 4) is 0 Å². The first-order chi connectivity index (χ1) is 4.30. The van der Waals surface area contributed by atoms with Crippen molar-refractivity contribution in [3.63, 3.8) is 0 Å². The average Bonchev–Trinajstić information content (AvgIpc) is 1.90. The van der Waals surface area contributed by atoms with E-state index in [-0.39, 0.29) is 74.5 Å². The van der Waals surface area contributed by atoms with Gasteiger partial charge in [-0.3, -0.25) is 4.98 Å². The molecule has 0 amide bonds. The van der Waals surface area contributed by atoms with Crippen molar-refractivity contribution in [2.75, 3.05) is 0 Å². The molecule has 0 spiro atoms. The second-order valence-corrected chi connectivity index (χ2v) is 1.53. The van der Waals surface area contributed by atoms with Gasteiger partial charge in [0.15, 0.2) is 0 Å². The minimum absolute atomic E-state index is 0. The summed E-state index contributed by atoms with van der Waals surface area (Å²) < 4.78 is 0. The van der Waals surface area contributed by atoms with Crippen LogP contribution >= 0.6 is 0 Å². The van der Waals surface area contributed by atoms with E-state index in [1.165, 1.54) is 18.5 Å². The number of rotatable bonds is 1. The molecule has 0 aliphatic rings. The molecule has 0 aliphatic carbocycles. The minimum atomic E-state index is -1.19. The SMILES string of the molecule is O=C([O-])c1cccnc1.[Cs+]. The monoisotopic (exact) mass is 255 g/mol. The van der Waals surface area contributed by atoms with Gasteiger partial charge in [0.2, 0.25) is 0 Å². The van der Waals surface area contributed by atoms with Gasteiger partial charge in [0.05, 0.1) is 5.97 Å². The van der Waals surface area contributed by atoms with Gasteiger partial charge in [0, 0.05) is 18.0 Å². The molecule has 4 heteroatoms. The Morgan fingerprint density at radius 3 is 2.60 bits per heavy atom. The zero-order valence-electron chi connectivity index (χ0n) is 5.57. The van der Waals surface area contributed by atoms with E-state index >= 15 is 0 Å². The van der Waals surface area contributed by atoms with Crippen LogP contribution < -0.4 is 74.0 Å². The van der Waals surface area contributed by atoms with Gasteiger partial charge in [-0.2, -0.15) is 0 Å². The van der Waals surface area contributed by atoms with Crippen molar-refractivity contribution in [1.29, 1.82) is 0 Å². The van der Waals surface area contributed by atoms with Crippen LogP contribution in [0.15, 0.2) is 24.5 Å². The number of carbonyl (C=O) groups is 1. The molecule has 1 heterocycles.